The molecule has 0 unspecified atom stereocenters. The van der Waals surface area contributed by atoms with Gasteiger partial charge in [-0.15, -0.1) is 0 Å². The first-order chi connectivity index (χ1) is 19.0. The highest BCUT2D eigenvalue weighted by Crippen LogP contribution is 2.38. The molecule has 1 saturated heterocycles. The van der Waals surface area contributed by atoms with Crippen LogP contribution in [0.1, 0.15) is 45.1 Å². The number of aromatic amines is 1. The van der Waals surface area contributed by atoms with Crippen molar-refractivity contribution in [1.29, 1.82) is 0 Å². The van der Waals surface area contributed by atoms with Gasteiger partial charge >= 0.3 is 0 Å². The minimum Gasteiger partial charge on any atom is -0.490 e. The lowest BCUT2D eigenvalue weighted by atomic mass is 9.98. The number of likely N-dealkylation sites (tertiary alicyclic amines) is 1. The molecule has 0 radical (unpaired) electrons. The van der Waals surface area contributed by atoms with Crippen molar-refractivity contribution in [1.82, 2.24) is 14.9 Å². The summed E-state index contributed by atoms with van der Waals surface area (Å²) in [6.45, 7) is 11.2. The minimum absolute atomic E-state index is 0.144. The fourth-order valence-corrected chi connectivity index (χ4v) is 4.58. The van der Waals surface area contributed by atoms with Crippen molar-refractivity contribution in [3.8, 4) is 16.9 Å². The molecule has 1 aliphatic heterocycles. The number of rotatable bonds is 5. The van der Waals surface area contributed by atoms with Crippen LogP contribution >= 0.6 is 0 Å². The van der Waals surface area contributed by atoms with Crippen LogP contribution < -0.4 is 4.74 Å². The van der Waals surface area contributed by atoms with Crippen LogP contribution in [0.3, 0.4) is 0 Å². The molecule has 2 aromatic heterocycles. The van der Waals surface area contributed by atoms with Gasteiger partial charge in [0, 0.05) is 36.6 Å². The predicted octanol–water partition coefficient (Wildman–Crippen LogP) is 5.96. The van der Waals surface area contributed by atoms with E-state index in [1.165, 1.54) is 36.5 Å². The first-order valence-electron chi connectivity index (χ1n) is 13.7. The molecule has 6 rings (SSSR count). The number of aromatic nitrogens is 2. The number of aliphatic hydroxyl groups excluding tert-OH is 1. The number of hydrogen-bond donors (Lipinski definition) is 2. The molecule has 0 amide bonds. The monoisotopic (exact) mass is 531 g/mol. The van der Waals surface area contributed by atoms with E-state index in [0.717, 1.165) is 72.4 Å². The van der Waals surface area contributed by atoms with E-state index in [2.05, 4.69) is 71.2 Å². The molecule has 2 N–H and O–H groups in total. The summed E-state index contributed by atoms with van der Waals surface area (Å²) >= 11 is 0. The molecular formula is C32H41N3O4. The maximum Gasteiger partial charge on any atom is 0.143 e. The van der Waals surface area contributed by atoms with E-state index in [9.17, 15) is 5.11 Å². The van der Waals surface area contributed by atoms with Gasteiger partial charge in [-0.3, -0.25) is 4.90 Å². The minimum atomic E-state index is -0.144. The molecule has 2 aliphatic rings. The van der Waals surface area contributed by atoms with Gasteiger partial charge in [-0.05, 0) is 68.0 Å². The zero-order chi connectivity index (χ0) is 28.2. The first kappa shape index (κ1) is 30.0. The van der Waals surface area contributed by atoms with Crippen LogP contribution in [0.2, 0.25) is 0 Å². The van der Waals surface area contributed by atoms with Crippen LogP contribution in [0.5, 0.6) is 5.75 Å². The van der Waals surface area contributed by atoms with Crippen molar-refractivity contribution < 1.29 is 19.4 Å². The Bertz CT molecular complexity index is 1320. The molecule has 2 fully saturated rings. The number of pyridine rings is 1. The van der Waals surface area contributed by atoms with Gasteiger partial charge in [0.05, 0.1) is 11.6 Å². The van der Waals surface area contributed by atoms with E-state index in [-0.39, 0.29) is 6.10 Å². The number of carbonyl (C=O) groups is 2. The van der Waals surface area contributed by atoms with E-state index >= 15 is 0 Å². The summed E-state index contributed by atoms with van der Waals surface area (Å²) in [7, 11) is 0. The molecule has 7 heteroatoms. The predicted molar refractivity (Wildman–Crippen MR) is 158 cm³/mol. The van der Waals surface area contributed by atoms with Gasteiger partial charge in [-0.25, -0.2) is 4.98 Å². The van der Waals surface area contributed by atoms with Crippen molar-refractivity contribution in [3.63, 3.8) is 0 Å². The third-order valence-electron chi connectivity index (χ3n) is 6.90. The Kier molecular flexibility index (Phi) is 11.6. The Morgan fingerprint density at radius 1 is 1.10 bits per heavy atom. The van der Waals surface area contributed by atoms with Gasteiger partial charge in [0.15, 0.2) is 0 Å². The average Bonchev–Trinajstić information content (AvgIpc) is 3.64. The Labute approximate surface area is 231 Å². The van der Waals surface area contributed by atoms with E-state index in [0.29, 0.717) is 6.61 Å². The molecule has 208 valence electrons. The highest BCUT2D eigenvalue weighted by atomic mass is 16.5. The number of aliphatic hydroxyl groups is 1. The quantitative estimate of drug-likeness (QED) is 0.308. The maximum atomic E-state index is 9.69. The van der Waals surface area contributed by atoms with E-state index in [4.69, 9.17) is 14.3 Å². The molecule has 1 saturated carbocycles. The zero-order valence-corrected chi connectivity index (χ0v) is 23.4. The number of hydrogen-bond acceptors (Lipinski definition) is 6. The Balaban J connectivity index is 0.000000407. The summed E-state index contributed by atoms with van der Waals surface area (Å²) in [6.07, 6.45) is 7.09. The SMILES string of the molecule is C=O.CC1CC1.CC=O.Cc1cccc(-c2ccc(OCCN3CCC(O)CC3)c3[nH]c4ncccc4c23)c1. The first-order valence-corrected chi connectivity index (χ1v) is 13.7. The number of fused-ring (bicyclic) bond motifs is 3. The molecular weight excluding hydrogens is 490 g/mol. The number of benzene rings is 2. The lowest BCUT2D eigenvalue weighted by Crippen LogP contribution is -2.38. The highest BCUT2D eigenvalue weighted by molar-refractivity contribution is 6.15. The number of H-pyrrole nitrogens is 1. The normalized spacial score (nSPS) is 15.3. The molecule has 1 aliphatic carbocycles. The van der Waals surface area contributed by atoms with Crippen LogP contribution in [0, 0.1) is 12.8 Å². The standard InChI is InChI=1S/C25H27N3O2.C4H8.C2H4O.CH2O/c1-17-4-2-5-18(16-17)20-7-8-22(30-15-14-28-12-9-19(29)10-13-28)24-23(20)21-6-3-11-26-25(21)27-24;1-4-2-3-4;1-2-3;1-2/h2-8,11,16,19,29H,9-10,12-15H2,1H3,(H,26,27);4H,2-3H2,1H3;2H,1H3;1H2. The fourth-order valence-electron chi connectivity index (χ4n) is 4.58. The smallest absolute Gasteiger partial charge is 0.143 e. The summed E-state index contributed by atoms with van der Waals surface area (Å²) < 4.78 is 6.23. The third kappa shape index (κ3) is 8.47. The maximum absolute atomic E-state index is 9.69. The van der Waals surface area contributed by atoms with Crippen molar-refractivity contribution in [2.24, 2.45) is 5.92 Å². The molecule has 4 aromatic rings. The van der Waals surface area contributed by atoms with E-state index in [1.54, 1.807) is 0 Å². The van der Waals surface area contributed by atoms with Gasteiger partial charge < -0.3 is 24.4 Å². The second-order valence-electron chi connectivity index (χ2n) is 10.1. The van der Waals surface area contributed by atoms with Crippen molar-refractivity contribution in [2.75, 3.05) is 26.2 Å². The lowest BCUT2D eigenvalue weighted by Gasteiger charge is -2.29. The molecule has 2 aromatic carbocycles. The Morgan fingerprint density at radius 3 is 2.44 bits per heavy atom. The number of carbonyl (C=O) groups excluding carboxylic acids is 2. The van der Waals surface area contributed by atoms with Gasteiger partial charge in [0.1, 0.15) is 31.1 Å². The molecule has 7 nitrogen and oxygen atoms in total. The summed E-state index contributed by atoms with van der Waals surface area (Å²) in [6, 6.07) is 16.9. The van der Waals surface area contributed by atoms with Crippen LogP contribution in [0.25, 0.3) is 33.1 Å². The summed E-state index contributed by atoms with van der Waals surface area (Å²) in [5.74, 6) is 1.94. The number of nitrogens with zero attached hydrogens (tertiary/aromatic N) is 2. The Morgan fingerprint density at radius 2 is 1.79 bits per heavy atom. The molecule has 3 heterocycles. The topological polar surface area (TPSA) is 95.5 Å². The van der Waals surface area contributed by atoms with Gasteiger partial charge in [-0.2, -0.15) is 0 Å². The summed E-state index contributed by atoms with van der Waals surface area (Å²) in [5, 5.41) is 12.0. The van der Waals surface area contributed by atoms with Gasteiger partial charge in [-0.1, -0.05) is 49.6 Å². The van der Waals surface area contributed by atoms with Crippen LogP contribution in [-0.4, -0.2) is 65.4 Å². The number of nitrogens with one attached hydrogen (secondary N) is 1. The van der Waals surface area contributed by atoms with Crippen molar-refractivity contribution >= 4 is 35.0 Å². The second-order valence-corrected chi connectivity index (χ2v) is 10.1. The lowest BCUT2D eigenvalue weighted by molar-refractivity contribution is -0.106. The highest BCUT2D eigenvalue weighted by Gasteiger charge is 2.18. The Hall–Kier alpha value is -3.55. The van der Waals surface area contributed by atoms with Crippen molar-refractivity contribution in [3.05, 3.63) is 60.3 Å². The van der Waals surface area contributed by atoms with Crippen LogP contribution in [0.4, 0.5) is 0 Å². The number of piperidine rings is 1. The number of aldehydes is 1. The van der Waals surface area contributed by atoms with Crippen molar-refractivity contribution in [2.45, 2.75) is 52.6 Å². The number of aryl methyl sites for hydroxylation is 1. The fraction of sp³-hybridized carbons (Fsp3) is 0.406. The molecule has 0 atom stereocenters. The van der Waals surface area contributed by atoms with Gasteiger partial charge in [0.25, 0.3) is 0 Å². The van der Waals surface area contributed by atoms with Crippen LogP contribution in [0.15, 0.2) is 54.7 Å². The second kappa shape index (κ2) is 15.1. The van der Waals surface area contributed by atoms with Gasteiger partial charge in [0.2, 0.25) is 0 Å². The molecule has 0 bridgehead atoms. The number of ether oxygens (including phenoxy) is 1. The average molecular weight is 532 g/mol. The summed E-state index contributed by atoms with van der Waals surface area (Å²) in [4.78, 5) is 27.2. The largest absolute Gasteiger partial charge is 0.490 e. The molecule has 39 heavy (non-hydrogen) atoms. The third-order valence-corrected chi connectivity index (χ3v) is 6.90. The van der Waals surface area contributed by atoms with Crippen LogP contribution in [-0.2, 0) is 9.59 Å². The molecule has 0 spiro atoms. The zero-order valence-electron chi connectivity index (χ0n) is 23.4. The van der Waals surface area contributed by atoms with E-state index in [1.807, 2.05) is 19.1 Å². The summed E-state index contributed by atoms with van der Waals surface area (Å²) in [5.41, 5.74) is 5.50. The van der Waals surface area contributed by atoms with E-state index < -0.39 is 0 Å².